The van der Waals surface area contributed by atoms with Gasteiger partial charge in [-0.3, -0.25) is 0 Å². The van der Waals surface area contributed by atoms with Crippen LogP contribution in [0.5, 0.6) is 5.75 Å². The Balaban J connectivity index is 1.64. The third kappa shape index (κ3) is 8.09. The van der Waals surface area contributed by atoms with Gasteiger partial charge in [0.2, 0.25) is 0 Å². The lowest BCUT2D eigenvalue weighted by Crippen LogP contribution is -2.37. The first-order chi connectivity index (χ1) is 12.8. The molecule has 0 spiro atoms. The summed E-state index contributed by atoms with van der Waals surface area (Å²) >= 11 is 0. The second kappa shape index (κ2) is 12.6. The quantitative estimate of drug-likeness (QED) is 0.381. The second-order valence-corrected chi connectivity index (χ2v) is 6.94. The lowest BCUT2D eigenvalue weighted by molar-refractivity contribution is 0.224. The highest BCUT2D eigenvalue weighted by Gasteiger charge is 2.08. The van der Waals surface area contributed by atoms with Gasteiger partial charge in [-0.05, 0) is 69.9 Å². The first-order valence-electron chi connectivity index (χ1n) is 10.2. The monoisotopic (exact) mass is 360 g/mol. The number of hydrogen-bond donors (Lipinski definition) is 2. The van der Waals surface area contributed by atoms with Crippen molar-refractivity contribution in [1.82, 2.24) is 15.5 Å². The van der Waals surface area contributed by atoms with E-state index in [1.54, 1.807) is 7.11 Å². The van der Waals surface area contributed by atoms with Crippen molar-refractivity contribution in [1.29, 1.82) is 0 Å². The predicted octanol–water partition coefficient (Wildman–Crippen LogP) is 3.41. The minimum Gasteiger partial charge on any atom is -0.497 e. The van der Waals surface area contributed by atoms with E-state index < -0.39 is 0 Å². The molecule has 0 amide bonds. The van der Waals surface area contributed by atoms with Gasteiger partial charge in [0.25, 0.3) is 0 Å². The van der Waals surface area contributed by atoms with Gasteiger partial charge in [0, 0.05) is 13.1 Å². The van der Waals surface area contributed by atoms with Crippen molar-refractivity contribution < 1.29 is 4.74 Å². The lowest BCUT2D eigenvalue weighted by Gasteiger charge is -2.26. The van der Waals surface area contributed by atoms with E-state index in [2.05, 4.69) is 33.5 Å². The maximum Gasteiger partial charge on any atom is 0.191 e. The van der Waals surface area contributed by atoms with E-state index in [1.165, 1.54) is 58.2 Å². The van der Waals surface area contributed by atoms with E-state index in [-0.39, 0.29) is 0 Å². The van der Waals surface area contributed by atoms with Crippen LogP contribution in [0.25, 0.3) is 0 Å². The summed E-state index contributed by atoms with van der Waals surface area (Å²) < 4.78 is 5.27. The van der Waals surface area contributed by atoms with Crippen LogP contribution >= 0.6 is 0 Å². The molecule has 2 rings (SSSR count). The van der Waals surface area contributed by atoms with Gasteiger partial charge in [-0.25, -0.2) is 4.99 Å². The van der Waals surface area contributed by atoms with Gasteiger partial charge in [0.05, 0.1) is 13.7 Å². The average molecular weight is 361 g/mol. The minimum atomic E-state index is 0.654. The molecule has 0 atom stereocenters. The van der Waals surface area contributed by atoms with Crippen molar-refractivity contribution in [2.45, 2.75) is 52.0 Å². The summed E-state index contributed by atoms with van der Waals surface area (Å²) in [6.07, 6.45) is 7.97. The number of nitrogens with one attached hydrogen (secondary N) is 2. The molecule has 5 heteroatoms. The van der Waals surface area contributed by atoms with E-state index in [0.717, 1.165) is 30.4 Å². The van der Waals surface area contributed by atoms with Crippen LogP contribution < -0.4 is 15.4 Å². The number of guanidine groups is 1. The van der Waals surface area contributed by atoms with Crippen LogP contribution in [0.1, 0.15) is 51.0 Å². The fourth-order valence-electron chi connectivity index (χ4n) is 3.31. The number of rotatable bonds is 10. The molecule has 5 nitrogen and oxygen atoms in total. The Bertz CT molecular complexity index is 526. The molecule has 1 heterocycles. The molecule has 0 saturated carbocycles. The molecular weight excluding hydrogens is 324 g/mol. The zero-order valence-electron chi connectivity index (χ0n) is 16.6. The van der Waals surface area contributed by atoms with Gasteiger partial charge in [-0.2, -0.15) is 0 Å². The average Bonchev–Trinajstić information content (AvgIpc) is 2.69. The summed E-state index contributed by atoms with van der Waals surface area (Å²) in [6.45, 7) is 8.48. The van der Waals surface area contributed by atoms with E-state index >= 15 is 0 Å². The highest BCUT2D eigenvalue weighted by molar-refractivity contribution is 5.79. The van der Waals surface area contributed by atoms with Gasteiger partial charge in [0.15, 0.2) is 5.96 Å². The maximum absolute atomic E-state index is 5.27. The highest BCUT2D eigenvalue weighted by Crippen LogP contribution is 2.13. The number of unbranched alkanes of at least 4 members (excludes halogenated alkanes) is 2. The zero-order chi connectivity index (χ0) is 18.5. The third-order valence-electron chi connectivity index (χ3n) is 4.79. The second-order valence-electron chi connectivity index (χ2n) is 6.94. The smallest absolute Gasteiger partial charge is 0.191 e. The number of benzene rings is 1. The number of hydrogen-bond acceptors (Lipinski definition) is 3. The summed E-state index contributed by atoms with van der Waals surface area (Å²) in [4.78, 5) is 7.30. The van der Waals surface area contributed by atoms with E-state index in [0.29, 0.717) is 6.54 Å². The number of ether oxygens (including phenoxy) is 1. The normalized spacial score (nSPS) is 15.7. The first-order valence-corrected chi connectivity index (χ1v) is 10.2. The van der Waals surface area contributed by atoms with Crippen LogP contribution in [-0.2, 0) is 6.54 Å². The van der Waals surface area contributed by atoms with Crippen molar-refractivity contribution in [2.24, 2.45) is 4.99 Å². The summed E-state index contributed by atoms with van der Waals surface area (Å²) in [5.74, 6) is 1.77. The number of methoxy groups -OCH3 is 1. The number of aliphatic imine (C=N–C) groups is 1. The summed E-state index contributed by atoms with van der Waals surface area (Å²) in [5, 5.41) is 6.78. The third-order valence-corrected chi connectivity index (χ3v) is 4.79. The molecule has 1 fully saturated rings. The molecule has 0 unspecified atom stereocenters. The molecule has 0 aromatic heterocycles. The van der Waals surface area contributed by atoms with Crippen molar-refractivity contribution >= 4 is 5.96 Å². The Morgan fingerprint density at radius 3 is 2.73 bits per heavy atom. The minimum absolute atomic E-state index is 0.654. The summed E-state index contributed by atoms with van der Waals surface area (Å²) in [6, 6.07) is 8.08. The van der Waals surface area contributed by atoms with Gasteiger partial charge in [0.1, 0.15) is 5.75 Å². The van der Waals surface area contributed by atoms with Crippen molar-refractivity contribution in [2.75, 3.05) is 39.8 Å². The SMILES string of the molecule is CCNC(=NCc1cccc(OC)c1)NCCCCCN1CCCCC1. The van der Waals surface area contributed by atoms with Crippen LogP contribution in [0, 0.1) is 0 Å². The molecule has 0 radical (unpaired) electrons. The lowest BCUT2D eigenvalue weighted by atomic mass is 10.1. The Hall–Kier alpha value is -1.75. The summed E-state index contributed by atoms with van der Waals surface area (Å²) in [5.41, 5.74) is 1.16. The van der Waals surface area contributed by atoms with E-state index in [9.17, 15) is 0 Å². The van der Waals surface area contributed by atoms with Crippen LogP contribution in [0.3, 0.4) is 0 Å². The molecular formula is C21H36N4O. The molecule has 0 aliphatic carbocycles. The molecule has 1 saturated heterocycles. The van der Waals surface area contributed by atoms with Gasteiger partial charge in [-0.15, -0.1) is 0 Å². The van der Waals surface area contributed by atoms with Crippen LogP contribution in [0.15, 0.2) is 29.3 Å². The maximum atomic E-state index is 5.27. The van der Waals surface area contributed by atoms with Crippen LogP contribution in [0.4, 0.5) is 0 Å². The van der Waals surface area contributed by atoms with Crippen molar-refractivity contribution in [3.63, 3.8) is 0 Å². The van der Waals surface area contributed by atoms with Crippen LogP contribution in [-0.4, -0.2) is 50.7 Å². The fraction of sp³-hybridized carbons (Fsp3) is 0.667. The largest absolute Gasteiger partial charge is 0.497 e. The number of likely N-dealkylation sites (tertiary alicyclic amines) is 1. The molecule has 1 aliphatic heterocycles. The first kappa shape index (κ1) is 20.6. The molecule has 0 bridgehead atoms. The van der Waals surface area contributed by atoms with Gasteiger partial charge < -0.3 is 20.3 Å². The van der Waals surface area contributed by atoms with Gasteiger partial charge >= 0.3 is 0 Å². The van der Waals surface area contributed by atoms with E-state index in [4.69, 9.17) is 4.74 Å². The zero-order valence-corrected chi connectivity index (χ0v) is 16.6. The molecule has 1 aliphatic rings. The number of piperidine rings is 1. The van der Waals surface area contributed by atoms with Gasteiger partial charge in [-0.1, -0.05) is 25.0 Å². The van der Waals surface area contributed by atoms with Crippen LogP contribution in [0.2, 0.25) is 0 Å². The number of nitrogens with zero attached hydrogens (tertiary/aromatic N) is 2. The van der Waals surface area contributed by atoms with Crippen molar-refractivity contribution in [3.8, 4) is 5.75 Å². The Morgan fingerprint density at radius 1 is 1.12 bits per heavy atom. The molecule has 26 heavy (non-hydrogen) atoms. The fourth-order valence-corrected chi connectivity index (χ4v) is 3.31. The molecule has 2 N–H and O–H groups in total. The summed E-state index contributed by atoms with van der Waals surface area (Å²) in [7, 11) is 1.69. The topological polar surface area (TPSA) is 48.9 Å². The standard InChI is InChI=1S/C21H36N4O/c1-3-22-21(24-18-19-11-10-12-20(17-19)26-2)23-13-6-4-7-14-25-15-8-5-9-16-25/h10-12,17H,3-9,13-16,18H2,1-2H3,(H2,22,23,24). The molecule has 1 aromatic carbocycles. The Labute approximate surface area is 159 Å². The highest BCUT2D eigenvalue weighted by atomic mass is 16.5. The Morgan fingerprint density at radius 2 is 1.96 bits per heavy atom. The molecule has 1 aromatic rings. The molecule has 146 valence electrons. The predicted molar refractivity (Wildman–Crippen MR) is 110 cm³/mol. The Kier molecular flexibility index (Phi) is 9.95. The van der Waals surface area contributed by atoms with E-state index in [1.807, 2.05) is 18.2 Å². The van der Waals surface area contributed by atoms with Crippen molar-refractivity contribution in [3.05, 3.63) is 29.8 Å².